The lowest BCUT2D eigenvalue weighted by molar-refractivity contribution is 0.114. The number of rotatable bonds is 4. The van der Waals surface area contributed by atoms with Crippen molar-refractivity contribution < 1.29 is 0 Å². The summed E-state index contributed by atoms with van der Waals surface area (Å²) in [4.78, 5) is 0. The molecular weight excluding hydrogens is 348 g/mol. The summed E-state index contributed by atoms with van der Waals surface area (Å²) in [6.45, 7) is 4.53. The molecule has 0 aromatic heterocycles. The van der Waals surface area contributed by atoms with Gasteiger partial charge in [0.2, 0.25) is 0 Å². The van der Waals surface area contributed by atoms with Crippen molar-refractivity contribution in [3.63, 3.8) is 0 Å². The second kappa shape index (κ2) is 9.67. The average Bonchev–Trinajstić information content (AvgIpc) is 2.78. The summed E-state index contributed by atoms with van der Waals surface area (Å²) in [5.74, 6) is 10.4. The lowest BCUT2D eigenvalue weighted by Gasteiger charge is -2.42. The summed E-state index contributed by atoms with van der Waals surface area (Å²) in [7, 11) is 0. The molecule has 0 aliphatic heterocycles. The van der Waals surface area contributed by atoms with E-state index in [1.54, 1.807) is 0 Å². The quantitative estimate of drug-likeness (QED) is 0.473. The van der Waals surface area contributed by atoms with Gasteiger partial charge >= 0.3 is 0 Å². The molecule has 2 aliphatic carbocycles. The van der Waals surface area contributed by atoms with Crippen LogP contribution < -0.4 is 0 Å². The number of benzene rings is 2. The molecule has 2 saturated carbocycles. The maximum atomic E-state index is 3.34. The van der Waals surface area contributed by atoms with Crippen molar-refractivity contribution in [3.05, 3.63) is 70.8 Å². The van der Waals surface area contributed by atoms with Gasteiger partial charge in [0.25, 0.3) is 0 Å². The standard InChI is InChI=1S/C29H36/c1-3-5-25-14-17-29-21-28(19-18-27(29)20-25)26-15-12-24(13-16-26)11-10-23-8-6-22(4-2)7-9-23/h6-9,12-13,15-16,25,27-29H,3-5,14,17-21H2,1-2H3/t25?,27-,28-,29-/m1/s1. The van der Waals surface area contributed by atoms with E-state index < -0.39 is 0 Å². The number of hydrogen-bond acceptors (Lipinski definition) is 0. The van der Waals surface area contributed by atoms with Crippen molar-refractivity contribution in [1.29, 1.82) is 0 Å². The molecule has 1 unspecified atom stereocenters. The van der Waals surface area contributed by atoms with E-state index in [1.807, 2.05) is 0 Å². The van der Waals surface area contributed by atoms with Crippen LogP contribution in [0, 0.1) is 29.6 Å². The maximum Gasteiger partial charge on any atom is 0.0249 e. The zero-order valence-corrected chi connectivity index (χ0v) is 18.3. The van der Waals surface area contributed by atoms with Gasteiger partial charge in [-0.1, -0.05) is 69.2 Å². The predicted octanol–water partition coefficient (Wildman–Crippen LogP) is 7.75. The highest BCUT2D eigenvalue weighted by Crippen LogP contribution is 2.48. The smallest absolute Gasteiger partial charge is 0.0249 e. The van der Waals surface area contributed by atoms with Crippen molar-refractivity contribution in [1.82, 2.24) is 0 Å². The van der Waals surface area contributed by atoms with E-state index in [0.29, 0.717) is 0 Å². The highest BCUT2D eigenvalue weighted by Gasteiger charge is 2.35. The third kappa shape index (κ3) is 5.14. The molecule has 0 amide bonds. The van der Waals surface area contributed by atoms with Gasteiger partial charge in [0.05, 0.1) is 0 Å². The van der Waals surface area contributed by atoms with Gasteiger partial charge in [-0.05, 0) is 97.6 Å². The fourth-order valence-electron chi connectivity index (χ4n) is 5.77. The largest absolute Gasteiger partial charge is 0.0654 e. The van der Waals surface area contributed by atoms with Crippen LogP contribution in [0.4, 0.5) is 0 Å². The van der Waals surface area contributed by atoms with Crippen molar-refractivity contribution in [2.75, 3.05) is 0 Å². The van der Waals surface area contributed by atoms with Crippen LogP contribution in [0.5, 0.6) is 0 Å². The van der Waals surface area contributed by atoms with E-state index in [4.69, 9.17) is 0 Å². The Bertz CT molecular complexity index is 830. The first-order valence-electron chi connectivity index (χ1n) is 12.0. The molecule has 0 spiro atoms. The summed E-state index contributed by atoms with van der Waals surface area (Å²) in [5.41, 5.74) is 5.14. The SMILES string of the molecule is CCCC1CC[C@@H]2C[C@H](c3ccc(C#Cc4ccc(CC)cc4)cc3)CC[C@@H]2C1. The molecule has 2 aliphatic rings. The van der Waals surface area contributed by atoms with Crippen molar-refractivity contribution >= 4 is 0 Å². The first kappa shape index (κ1) is 20.3. The van der Waals surface area contributed by atoms with E-state index in [0.717, 1.165) is 41.2 Å². The van der Waals surface area contributed by atoms with Gasteiger partial charge in [-0.25, -0.2) is 0 Å². The average molecular weight is 385 g/mol. The number of hydrogen-bond donors (Lipinski definition) is 0. The predicted molar refractivity (Wildman–Crippen MR) is 124 cm³/mol. The Kier molecular flexibility index (Phi) is 6.76. The minimum atomic E-state index is 0.766. The van der Waals surface area contributed by atoms with Crippen LogP contribution in [-0.4, -0.2) is 0 Å². The number of aryl methyl sites for hydroxylation is 1. The van der Waals surface area contributed by atoms with E-state index in [-0.39, 0.29) is 0 Å². The van der Waals surface area contributed by atoms with Crippen LogP contribution in [0.25, 0.3) is 0 Å². The lowest BCUT2D eigenvalue weighted by Crippen LogP contribution is -2.30. The second-order valence-corrected chi connectivity index (χ2v) is 9.42. The molecule has 29 heavy (non-hydrogen) atoms. The van der Waals surface area contributed by atoms with Crippen LogP contribution >= 0.6 is 0 Å². The monoisotopic (exact) mass is 384 g/mol. The molecule has 2 aromatic rings. The Morgan fingerprint density at radius 2 is 1.34 bits per heavy atom. The fourth-order valence-corrected chi connectivity index (χ4v) is 5.77. The highest BCUT2D eigenvalue weighted by molar-refractivity contribution is 5.44. The van der Waals surface area contributed by atoms with Gasteiger partial charge in [0.1, 0.15) is 0 Å². The van der Waals surface area contributed by atoms with E-state index in [9.17, 15) is 0 Å². The molecule has 0 radical (unpaired) electrons. The van der Waals surface area contributed by atoms with Crippen molar-refractivity contribution in [2.45, 2.75) is 77.6 Å². The van der Waals surface area contributed by atoms with Crippen LogP contribution in [0.15, 0.2) is 48.5 Å². The molecule has 0 nitrogen and oxygen atoms in total. The minimum absolute atomic E-state index is 0.766. The molecule has 0 saturated heterocycles. The van der Waals surface area contributed by atoms with E-state index in [1.165, 1.54) is 62.5 Å². The molecule has 4 rings (SSSR count). The highest BCUT2D eigenvalue weighted by atomic mass is 14.4. The summed E-state index contributed by atoms with van der Waals surface area (Å²) in [6, 6.07) is 17.8. The van der Waals surface area contributed by atoms with Gasteiger partial charge in [0.15, 0.2) is 0 Å². The Morgan fingerprint density at radius 1 is 0.724 bits per heavy atom. The maximum absolute atomic E-state index is 3.34. The molecule has 2 fully saturated rings. The zero-order chi connectivity index (χ0) is 20.1. The first-order valence-corrected chi connectivity index (χ1v) is 12.0. The Morgan fingerprint density at radius 3 is 2.00 bits per heavy atom. The molecule has 4 atom stereocenters. The summed E-state index contributed by atoms with van der Waals surface area (Å²) in [6.07, 6.45) is 12.6. The fraction of sp³-hybridized carbons (Fsp3) is 0.517. The van der Waals surface area contributed by atoms with Crippen LogP contribution in [0.1, 0.15) is 93.4 Å². The second-order valence-electron chi connectivity index (χ2n) is 9.42. The third-order valence-corrected chi connectivity index (χ3v) is 7.51. The van der Waals surface area contributed by atoms with Crippen molar-refractivity contribution in [3.8, 4) is 11.8 Å². The van der Waals surface area contributed by atoms with Crippen molar-refractivity contribution in [2.24, 2.45) is 17.8 Å². The molecule has 0 N–H and O–H groups in total. The molecule has 0 heterocycles. The molecule has 0 bridgehead atoms. The molecular formula is C29H36. The topological polar surface area (TPSA) is 0 Å². The Balaban J connectivity index is 1.36. The summed E-state index contributed by atoms with van der Waals surface area (Å²) in [5, 5.41) is 0. The minimum Gasteiger partial charge on any atom is -0.0654 e. The van der Waals surface area contributed by atoms with Gasteiger partial charge in [0, 0.05) is 11.1 Å². The molecule has 0 heteroatoms. The van der Waals surface area contributed by atoms with Crippen LogP contribution in [-0.2, 0) is 6.42 Å². The van der Waals surface area contributed by atoms with E-state index >= 15 is 0 Å². The lowest BCUT2D eigenvalue weighted by atomic mass is 9.63. The van der Waals surface area contributed by atoms with E-state index in [2.05, 4.69) is 74.2 Å². The summed E-state index contributed by atoms with van der Waals surface area (Å²) >= 11 is 0. The van der Waals surface area contributed by atoms with Gasteiger partial charge in [-0.2, -0.15) is 0 Å². The Labute approximate surface area is 178 Å². The van der Waals surface area contributed by atoms with Gasteiger partial charge in [-0.15, -0.1) is 0 Å². The van der Waals surface area contributed by atoms with Crippen LogP contribution in [0.3, 0.4) is 0 Å². The zero-order valence-electron chi connectivity index (χ0n) is 18.3. The van der Waals surface area contributed by atoms with Gasteiger partial charge < -0.3 is 0 Å². The van der Waals surface area contributed by atoms with Gasteiger partial charge in [-0.3, -0.25) is 0 Å². The van der Waals surface area contributed by atoms with Crippen LogP contribution in [0.2, 0.25) is 0 Å². The third-order valence-electron chi connectivity index (χ3n) is 7.51. The normalized spacial score (nSPS) is 26.3. The summed E-state index contributed by atoms with van der Waals surface area (Å²) < 4.78 is 0. The molecule has 2 aromatic carbocycles. The first-order chi connectivity index (χ1) is 14.2. The molecule has 152 valence electrons. The number of fused-ring (bicyclic) bond motifs is 1. The Hall–Kier alpha value is -2.00.